The first-order chi connectivity index (χ1) is 20.2. The van der Waals surface area contributed by atoms with Gasteiger partial charge in [-0.2, -0.15) is 0 Å². The van der Waals surface area contributed by atoms with Crippen molar-refractivity contribution in [3.63, 3.8) is 0 Å². The van der Waals surface area contributed by atoms with E-state index >= 15 is 0 Å². The van der Waals surface area contributed by atoms with Crippen LogP contribution in [0.25, 0.3) is 0 Å². The van der Waals surface area contributed by atoms with Crippen LogP contribution in [-0.2, 0) is 32.2 Å². The smallest absolute Gasteiger partial charge is 0.303 e. The SMILES string of the molecule is C[C@@H]1[C@H](CN(C)[C@@H](C)c2ccccc2)O[C@H](c2ccc(CNC(=O)CCCC(=O)O)cc2)O[C@@H]1c1ccc(CO)cc1. The number of hydrogen-bond donors (Lipinski definition) is 3. The van der Waals surface area contributed by atoms with Crippen molar-refractivity contribution in [2.45, 2.75) is 70.8 Å². The number of ether oxygens (including phenoxy) is 2. The van der Waals surface area contributed by atoms with Crippen LogP contribution in [0.15, 0.2) is 78.9 Å². The quantitative estimate of drug-likeness (QED) is 0.246. The van der Waals surface area contributed by atoms with Crippen molar-refractivity contribution in [3.05, 3.63) is 107 Å². The summed E-state index contributed by atoms with van der Waals surface area (Å²) in [7, 11) is 2.12. The van der Waals surface area contributed by atoms with Gasteiger partial charge in [-0.25, -0.2) is 0 Å². The third-order valence-electron chi connectivity index (χ3n) is 8.07. The fourth-order valence-corrected chi connectivity index (χ4v) is 5.24. The molecule has 42 heavy (non-hydrogen) atoms. The molecule has 3 aromatic rings. The first-order valence-corrected chi connectivity index (χ1v) is 14.6. The summed E-state index contributed by atoms with van der Waals surface area (Å²) in [4.78, 5) is 25.0. The minimum absolute atomic E-state index is 0.00692. The first kappa shape index (κ1) is 31.4. The summed E-state index contributed by atoms with van der Waals surface area (Å²) < 4.78 is 13.2. The number of carbonyl (C=O) groups excluding carboxylic acids is 1. The summed E-state index contributed by atoms with van der Waals surface area (Å²) in [6.07, 6.45) is -0.394. The molecule has 1 heterocycles. The number of aliphatic hydroxyl groups is 1. The van der Waals surface area contributed by atoms with Crippen molar-refractivity contribution in [3.8, 4) is 0 Å². The summed E-state index contributed by atoms with van der Waals surface area (Å²) in [5.41, 5.74) is 4.96. The molecule has 0 spiro atoms. The lowest BCUT2D eigenvalue weighted by Crippen LogP contribution is -2.44. The maximum Gasteiger partial charge on any atom is 0.303 e. The van der Waals surface area contributed by atoms with E-state index in [4.69, 9.17) is 14.6 Å². The van der Waals surface area contributed by atoms with Gasteiger partial charge >= 0.3 is 5.97 Å². The van der Waals surface area contributed by atoms with Gasteiger partial charge in [-0.05, 0) is 42.6 Å². The second-order valence-electron chi connectivity index (χ2n) is 11.1. The molecule has 1 fully saturated rings. The third kappa shape index (κ3) is 8.49. The van der Waals surface area contributed by atoms with E-state index in [1.54, 1.807) is 0 Å². The maximum absolute atomic E-state index is 12.1. The normalized spacial score (nSPS) is 21.2. The Kier molecular flexibility index (Phi) is 11.3. The average molecular weight is 575 g/mol. The Labute approximate surface area is 248 Å². The molecular weight excluding hydrogens is 532 g/mol. The number of aliphatic hydroxyl groups excluding tert-OH is 1. The predicted molar refractivity (Wildman–Crippen MR) is 160 cm³/mol. The number of carbonyl (C=O) groups is 2. The van der Waals surface area contributed by atoms with Gasteiger partial charge in [0.05, 0.1) is 18.8 Å². The molecule has 224 valence electrons. The van der Waals surface area contributed by atoms with E-state index < -0.39 is 12.3 Å². The van der Waals surface area contributed by atoms with Gasteiger partial charge in [0.25, 0.3) is 0 Å². The second kappa shape index (κ2) is 15.1. The summed E-state index contributed by atoms with van der Waals surface area (Å²) in [5.74, 6) is -0.994. The van der Waals surface area contributed by atoms with E-state index in [1.807, 2.05) is 54.6 Å². The fraction of sp³-hybridized carbons (Fsp3) is 0.412. The highest BCUT2D eigenvalue weighted by molar-refractivity contribution is 5.76. The largest absolute Gasteiger partial charge is 0.481 e. The molecule has 8 heteroatoms. The number of rotatable bonds is 13. The maximum atomic E-state index is 12.1. The zero-order valence-corrected chi connectivity index (χ0v) is 24.6. The molecule has 1 aliphatic heterocycles. The summed E-state index contributed by atoms with van der Waals surface area (Å²) in [5, 5.41) is 21.1. The molecular formula is C34H42N2O6. The fourth-order valence-electron chi connectivity index (χ4n) is 5.24. The number of likely N-dealkylation sites (N-methyl/N-ethyl adjacent to an activating group) is 1. The van der Waals surface area contributed by atoms with E-state index in [0.717, 1.165) is 22.3 Å². The molecule has 0 aliphatic carbocycles. The van der Waals surface area contributed by atoms with Gasteiger partial charge in [0.2, 0.25) is 5.91 Å². The van der Waals surface area contributed by atoms with E-state index in [9.17, 15) is 14.7 Å². The number of carboxylic acids is 1. The third-order valence-corrected chi connectivity index (χ3v) is 8.07. The predicted octanol–water partition coefficient (Wildman–Crippen LogP) is 5.53. The topological polar surface area (TPSA) is 108 Å². The van der Waals surface area contributed by atoms with Crippen LogP contribution in [0.3, 0.4) is 0 Å². The van der Waals surface area contributed by atoms with Crippen LogP contribution >= 0.6 is 0 Å². The molecule has 1 saturated heterocycles. The van der Waals surface area contributed by atoms with Crippen molar-refractivity contribution < 1.29 is 29.3 Å². The van der Waals surface area contributed by atoms with Crippen LogP contribution < -0.4 is 5.32 Å². The molecule has 1 amide bonds. The van der Waals surface area contributed by atoms with Gasteiger partial charge in [0.1, 0.15) is 0 Å². The molecule has 0 aromatic heterocycles. The summed E-state index contributed by atoms with van der Waals surface area (Å²) >= 11 is 0. The Morgan fingerprint density at radius 3 is 2.19 bits per heavy atom. The van der Waals surface area contributed by atoms with Gasteiger partial charge in [-0.1, -0.05) is 85.8 Å². The molecule has 0 radical (unpaired) electrons. The molecule has 0 bridgehead atoms. The average Bonchev–Trinajstić information content (AvgIpc) is 3.01. The number of aliphatic carboxylic acids is 1. The Bertz CT molecular complexity index is 1280. The minimum Gasteiger partial charge on any atom is -0.481 e. The Morgan fingerprint density at radius 2 is 1.55 bits per heavy atom. The van der Waals surface area contributed by atoms with Crippen molar-refractivity contribution >= 4 is 11.9 Å². The van der Waals surface area contributed by atoms with Crippen LogP contribution in [0.1, 0.15) is 79.4 Å². The molecule has 8 nitrogen and oxygen atoms in total. The summed E-state index contributed by atoms with van der Waals surface area (Å²) in [6, 6.07) is 26.4. The molecule has 4 rings (SSSR count). The van der Waals surface area contributed by atoms with Gasteiger partial charge in [-0.15, -0.1) is 0 Å². The van der Waals surface area contributed by atoms with E-state index in [0.29, 0.717) is 19.5 Å². The number of nitrogens with zero attached hydrogens (tertiary/aromatic N) is 1. The van der Waals surface area contributed by atoms with Crippen LogP contribution in [0, 0.1) is 5.92 Å². The highest BCUT2D eigenvalue weighted by Crippen LogP contribution is 2.42. The van der Waals surface area contributed by atoms with Crippen LogP contribution in [0.2, 0.25) is 0 Å². The molecule has 3 N–H and O–H groups in total. The highest BCUT2D eigenvalue weighted by Gasteiger charge is 2.39. The molecule has 0 saturated carbocycles. The Balaban J connectivity index is 1.47. The van der Waals surface area contributed by atoms with Crippen molar-refractivity contribution in [2.24, 2.45) is 5.92 Å². The molecule has 3 aromatic carbocycles. The van der Waals surface area contributed by atoms with Gasteiger partial charge in [0, 0.05) is 43.5 Å². The Hall–Kier alpha value is -3.56. The molecule has 5 atom stereocenters. The van der Waals surface area contributed by atoms with E-state index in [1.165, 1.54) is 5.56 Å². The zero-order chi connectivity index (χ0) is 30.1. The minimum atomic E-state index is -0.899. The molecule has 1 aliphatic rings. The van der Waals surface area contributed by atoms with Crippen molar-refractivity contribution in [1.29, 1.82) is 0 Å². The first-order valence-electron chi connectivity index (χ1n) is 14.6. The van der Waals surface area contributed by atoms with Crippen LogP contribution in [-0.4, -0.2) is 46.7 Å². The van der Waals surface area contributed by atoms with Crippen molar-refractivity contribution in [2.75, 3.05) is 13.6 Å². The van der Waals surface area contributed by atoms with Gasteiger partial charge in [-0.3, -0.25) is 14.5 Å². The lowest BCUT2D eigenvalue weighted by atomic mass is 9.89. The van der Waals surface area contributed by atoms with Gasteiger partial charge < -0.3 is 25.0 Å². The lowest BCUT2D eigenvalue weighted by Gasteiger charge is -2.43. The highest BCUT2D eigenvalue weighted by atomic mass is 16.7. The second-order valence-corrected chi connectivity index (χ2v) is 11.1. The lowest BCUT2D eigenvalue weighted by molar-refractivity contribution is -0.276. The Morgan fingerprint density at radius 1 is 0.905 bits per heavy atom. The van der Waals surface area contributed by atoms with E-state index in [2.05, 4.69) is 55.4 Å². The van der Waals surface area contributed by atoms with E-state index in [-0.39, 0.29) is 49.5 Å². The number of hydrogen-bond acceptors (Lipinski definition) is 6. The molecule has 0 unspecified atom stereocenters. The van der Waals surface area contributed by atoms with Gasteiger partial charge in [0.15, 0.2) is 6.29 Å². The number of benzene rings is 3. The standard InChI is InChI=1S/C34H42N2O6/c1-23-30(21-36(3)24(2)27-8-5-4-6-9-27)41-34(42-33(23)28-16-14-26(22-37)15-17-28)29-18-12-25(13-19-29)20-35-31(38)10-7-11-32(39)40/h4-6,8-9,12-19,23-24,30,33-34,37H,7,10-11,20-22H2,1-3H3,(H,35,38)(H,39,40)/t23-,24+,30+,33+,34+/m1/s1. The monoisotopic (exact) mass is 574 g/mol. The summed E-state index contributed by atoms with van der Waals surface area (Å²) in [6.45, 7) is 5.43. The van der Waals surface area contributed by atoms with Crippen molar-refractivity contribution in [1.82, 2.24) is 10.2 Å². The number of amides is 1. The zero-order valence-electron chi connectivity index (χ0n) is 24.6. The van der Waals surface area contributed by atoms with Crippen LogP contribution in [0.5, 0.6) is 0 Å². The van der Waals surface area contributed by atoms with Crippen LogP contribution in [0.4, 0.5) is 0 Å². The number of nitrogens with one attached hydrogen (secondary N) is 1. The number of carboxylic acid groups (broad SMARTS) is 1.